The van der Waals surface area contributed by atoms with Gasteiger partial charge in [-0.05, 0) is 31.9 Å². The summed E-state index contributed by atoms with van der Waals surface area (Å²) in [5.41, 5.74) is 5.64. The first-order valence-corrected chi connectivity index (χ1v) is 6.04. The fraction of sp³-hybridized carbons (Fsp3) is 0.462. The molecule has 1 fully saturated rings. The van der Waals surface area contributed by atoms with Gasteiger partial charge in [-0.1, -0.05) is 6.07 Å². The lowest BCUT2D eigenvalue weighted by Gasteiger charge is -2.28. The molecule has 1 amide bonds. The van der Waals surface area contributed by atoms with E-state index in [1.54, 1.807) is 0 Å². The van der Waals surface area contributed by atoms with Crippen LogP contribution in [0.4, 0.5) is 10.1 Å². The van der Waals surface area contributed by atoms with Gasteiger partial charge in [-0.15, -0.1) is 0 Å². The number of nitrogens with two attached hydrogens (primary N) is 1. The Morgan fingerprint density at radius 2 is 2.33 bits per heavy atom. The molecule has 0 bridgehead atoms. The number of hydrogen-bond donors (Lipinski definition) is 2. The van der Waals surface area contributed by atoms with E-state index in [0.717, 1.165) is 12.8 Å². The molecule has 0 saturated carbocycles. The predicted molar refractivity (Wildman–Crippen MR) is 66.7 cm³/mol. The van der Waals surface area contributed by atoms with Crippen LogP contribution >= 0.6 is 0 Å². The lowest BCUT2D eigenvalue weighted by atomic mass is 10.0. The van der Waals surface area contributed by atoms with Gasteiger partial charge in [0.1, 0.15) is 5.82 Å². The smallest absolute Gasteiger partial charge is 0.253 e. The topological polar surface area (TPSA) is 64.4 Å². The fourth-order valence-electron chi connectivity index (χ4n) is 2.13. The molecule has 0 radical (unpaired) electrons. The molecule has 1 aliphatic heterocycles. The number of hydrogen-bond acceptors (Lipinski definition) is 3. The highest BCUT2D eigenvalue weighted by atomic mass is 19.1. The summed E-state index contributed by atoms with van der Waals surface area (Å²) >= 11 is 0. The number of benzene rings is 1. The van der Waals surface area contributed by atoms with Crippen LogP contribution in [-0.2, 0) is 4.74 Å². The zero-order valence-electron chi connectivity index (χ0n) is 10.3. The molecule has 1 aliphatic rings. The van der Waals surface area contributed by atoms with Gasteiger partial charge in [0.05, 0.1) is 17.4 Å². The molecule has 98 valence electrons. The molecule has 3 N–H and O–H groups in total. The molecule has 0 spiro atoms. The van der Waals surface area contributed by atoms with E-state index in [0.29, 0.717) is 6.61 Å². The lowest BCUT2D eigenvalue weighted by molar-refractivity contribution is 0.0136. The lowest BCUT2D eigenvalue weighted by Crippen LogP contribution is -2.41. The molecule has 2 rings (SSSR count). The summed E-state index contributed by atoms with van der Waals surface area (Å²) in [5, 5.41) is 2.87. The van der Waals surface area contributed by atoms with Crippen LogP contribution in [0, 0.1) is 5.82 Å². The standard InChI is InChI=1S/C13H17FN2O2/c1-8-7-9(5-6-18-8)16-13(17)10-3-2-4-11(14)12(10)15/h2-4,8-9H,5-7,15H2,1H3,(H,16,17). The van der Waals surface area contributed by atoms with Crippen LogP contribution in [0.15, 0.2) is 18.2 Å². The first-order valence-electron chi connectivity index (χ1n) is 6.04. The first-order chi connectivity index (χ1) is 8.58. The third-order valence-corrected chi connectivity index (χ3v) is 3.12. The largest absolute Gasteiger partial charge is 0.396 e. The second-order valence-electron chi connectivity index (χ2n) is 4.58. The summed E-state index contributed by atoms with van der Waals surface area (Å²) in [7, 11) is 0. The van der Waals surface area contributed by atoms with E-state index in [1.165, 1.54) is 18.2 Å². The van der Waals surface area contributed by atoms with Crippen LogP contribution in [0.25, 0.3) is 0 Å². The van der Waals surface area contributed by atoms with E-state index in [-0.39, 0.29) is 29.3 Å². The number of amides is 1. The summed E-state index contributed by atoms with van der Waals surface area (Å²) < 4.78 is 18.7. The van der Waals surface area contributed by atoms with Crippen molar-refractivity contribution in [3.05, 3.63) is 29.6 Å². The van der Waals surface area contributed by atoms with Crippen molar-refractivity contribution >= 4 is 11.6 Å². The summed E-state index contributed by atoms with van der Waals surface area (Å²) in [6.45, 7) is 2.60. The van der Waals surface area contributed by atoms with E-state index in [9.17, 15) is 9.18 Å². The number of nitrogen functional groups attached to an aromatic ring is 1. The van der Waals surface area contributed by atoms with E-state index in [1.807, 2.05) is 6.92 Å². The van der Waals surface area contributed by atoms with Crippen molar-refractivity contribution in [3.8, 4) is 0 Å². The molecule has 0 aromatic heterocycles. The summed E-state index contributed by atoms with van der Waals surface area (Å²) in [6.07, 6.45) is 1.67. The second kappa shape index (κ2) is 5.35. The van der Waals surface area contributed by atoms with E-state index in [2.05, 4.69) is 5.32 Å². The number of anilines is 1. The van der Waals surface area contributed by atoms with Crippen LogP contribution in [-0.4, -0.2) is 24.7 Å². The van der Waals surface area contributed by atoms with Gasteiger partial charge >= 0.3 is 0 Å². The molecule has 0 aliphatic carbocycles. The minimum absolute atomic E-state index is 0.0592. The maximum atomic E-state index is 13.3. The highest BCUT2D eigenvalue weighted by Crippen LogP contribution is 2.18. The molecule has 1 aromatic rings. The van der Waals surface area contributed by atoms with E-state index in [4.69, 9.17) is 10.5 Å². The monoisotopic (exact) mass is 252 g/mol. The molecule has 5 heteroatoms. The highest BCUT2D eigenvalue weighted by molar-refractivity contribution is 5.99. The SMILES string of the molecule is CC1CC(NC(=O)c2cccc(F)c2N)CCO1. The van der Waals surface area contributed by atoms with E-state index < -0.39 is 5.82 Å². The number of carbonyl (C=O) groups is 1. The molecule has 1 heterocycles. The molecule has 2 unspecified atom stereocenters. The van der Waals surface area contributed by atoms with Crippen LogP contribution in [0.5, 0.6) is 0 Å². The van der Waals surface area contributed by atoms with Crippen molar-refractivity contribution < 1.29 is 13.9 Å². The quantitative estimate of drug-likeness (QED) is 0.787. The zero-order valence-corrected chi connectivity index (χ0v) is 10.3. The molecule has 2 atom stereocenters. The predicted octanol–water partition coefficient (Wildman–Crippen LogP) is 1.71. The average molecular weight is 252 g/mol. The van der Waals surface area contributed by atoms with Crippen molar-refractivity contribution in [2.24, 2.45) is 0 Å². The number of rotatable bonds is 2. The van der Waals surface area contributed by atoms with Crippen molar-refractivity contribution in [3.63, 3.8) is 0 Å². The Balaban J connectivity index is 2.05. The number of ether oxygens (including phenoxy) is 1. The Kier molecular flexibility index (Phi) is 3.81. The van der Waals surface area contributed by atoms with Gasteiger partial charge in [0.2, 0.25) is 0 Å². The number of halogens is 1. The minimum Gasteiger partial charge on any atom is -0.396 e. The highest BCUT2D eigenvalue weighted by Gasteiger charge is 2.22. The van der Waals surface area contributed by atoms with Crippen molar-refractivity contribution in [1.82, 2.24) is 5.32 Å². The van der Waals surface area contributed by atoms with Crippen molar-refractivity contribution in [2.75, 3.05) is 12.3 Å². The number of carbonyl (C=O) groups excluding carboxylic acids is 1. The molecule has 4 nitrogen and oxygen atoms in total. The van der Waals surface area contributed by atoms with Gasteiger partial charge in [-0.2, -0.15) is 0 Å². The Morgan fingerprint density at radius 1 is 1.56 bits per heavy atom. The molecule has 18 heavy (non-hydrogen) atoms. The van der Waals surface area contributed by atoms with Crippen LogP contribution in [0.3, 0.4) is 0 Å². The van der Waals surface area contributed by atoms with Gasteiger partial charge in [-0.3, -0.25) is 4.79 Å². The van der Waals surface area contributed by atoms with Gasteiger partial charge < -0.3 is 15.8 Å². The summed E-state index contributed by atoms with van der Waals surface area (Å²) in [6, 6.07) is 4.30. The number of nitrogens with one attached hydrogen (secondary N) is 1. The van der Waals surface area contributed by atoms with Crippen LogP contribution in [0.2, 0.25) is 0 Å². The van der Waals surface area contributed by atoms with Crippen molar-refractivity contribution in [1.29, 1.82) is 0 Å². The minimum atomic E-state index is -0.567. The maximum absolute atomic E-state index is 13.3. The Labute approximate surface area is 105 Å². The zero-order chi connectivity index (χ0) is 13.1. The molecular weight excluding hydrogens is 235 g/mol. The van der Waals surface area contributed by atoms with E-state index >= 15 is 0 Å². The first kappa shape index (κ1) is 12.8. The normalized spacial score (nSPS) is 23.7. The third kappa shape index (κ3) is 2.79. The van der Waals surface area contributed by atoms with Crippen molar-refractivity contribution in [2.45, 2.75) is 31.9 Å². The molecular formula is C13H17FN2O2. The molecule has 1 saturated heterocycles. The van der Waals surface area contributed by atoms with Gasteiger partial charge in [0.15, 0.2) is 0 Å². The second-order valence-corrected chi connectivity index (χ2v) is 4.58. The van der Waals surface area contributed by atoms with Crippen LogP contribution in [0.1, 0.15) is 30.1 Å². The maximum Gasteiger partial charge on any atom is 0.253 e. The Hall–Kier alpha value is -1.62. The van der Waals surface area contributed by atoms with Crippen LogP contribution < -0.4 is 11.1 Å². The Bertz CT molecular complexity index is 451. The molecule has 1 aromatic carbocycles. The summed E-state index contributed by atoms with van der Waals surface area (Å²) in [4.78, 5) is 12.0. The Morgan fingerprint density at radius 3 is 3.06 bits per heavy atom. The number of para-hydroxylation sites is 1. The average Bonchev–Trinajstić information content (AvgIpc) is 2.32. The third-order valence-electron chi connectivity index (χ3n) is 3.12. The van der Waals surface area contributed by atoms with Gasteiger partial charge in [0, 0.05) is 12.6 Å². The fourth-order valence-corrected chi connectivity index (χ4v) is 2.13. The summed E-state index contributed by atoms with van der Waals surface area (Å²) in [5.74, 6) is -0.894. The van der Waals surface area contributed by atoms with Gasteiger partial charge in [0.25, 0.3) is 5.91 Å². The van der Waals surface area contributed by atoms with Gasteiger partial charge in [-0.25, -0.2) is 4.39 Å².